The molecule has 0 bridgehead atoms. The first-order chi connectivity index (χ1) is 9.04. The molecule has 2 aromatic rings. The van der Waals surface area contributed by atoms with E-state index in [0.29, 0.717) is 17.2 Å². The molecule has 100 valence electrons. The van der Waals surface area contributed by atoms with Crippen molar-refractivity contribution in [3.05, 3.63) is 47.5 Å². The van der Waals surface area contributed by atoms with Crippen LogP contribution in [0.5, 0.6) is 5.75 Å². The third-order valence-electron chi connectivity index (χ3n) is 3.13. The average Bonchev–Trinajstić information content (AvgIpc) is 2.80. The lowest BCUT2D eigenvalue weighted by atomic mass is 10.1. The third kappa shape index (κ3) is 2.52. The SMILES string of the molecule is COc1ccc(C(=O)c2cnc(C(C)C)n2C)cc1. The maximum atomic E-state index is 12.4. The van der Waals surface area contributed by atoms with E-state index >= 15 is 0 Å². The zero-order valence-electron chi connectivity index (χ0n) is 11.7. The Morgan fingerprint density at radius 3 is 2.37 bits per heavy atom. The van der Waals surface area contributed by atoms with Crippen molar-refractivity contribution >= 4 is 5.78 Å². The first kappa shape index (κ1) is 13.3. The predicted octanol–water partition coefficient (Wildman–Crippen LogP) is 2.78. The van der Waals surface area contributed by atoms with Crippen molar-refractivity contribution in [1.82, 2.24) is 9.55 Å². The van der Waals surface area contributed by atoms with Gasteiger partial charge in [-0.2, -0.15) is 0 Å². The van der Waals surface area contributed by atoms with Crippen molar-refractivity contribution in [2.75, 3.05) is 7.11 Å². The number of rotatable bonds is 4. The normalized spacial score (nSPS) is 10.8. The summed E-state index contributed by atoms with van der Waals surface area (Å²) in [6.45, 7) is 4.12. The number of nitrogens with zero attached hydrogens (tertiary/aromatic N) is 2. The molecule has 4 nitrogen and oxygen atoms in total. The summed E-state index contributed by atoms with van der Waals surface area (Å²) in [6, 6.07) is 7.10. The van der Waals surface area contributed by atoms with Crippen LogP contribution in [0.25, 0.3) is 0 Å². The standard InChI is InChI=1S/C15H18N2O2/c1-10(2)15-16-9-13(17(15)3)14(18)11-5-7-12(19-4)8-6-11/h5-10H,1-4H3. The number of aromatic nitrogens is 2. The average molecular weight is 258 g/mol. The van der Waals surface area contributed by atoms with Crippen LogP contribution in [0.4, 0.5) is 0 Å². The molecule has 0 saturated carbocycles. The Balaban J connectivity index is 2.33. The highest BCUT2D eigenvalue weighted by atomic mass is 16.5. The summed E-state index contributed by atoms with van der Waals surface area (Å²) in [5, 5.41) is 0. The number of hydrogen-bond acceptors (Lipinski definition) is 3. The van der Waals surface area contributed by atoms with Gasteiger partial charge in [0, 0.05) is 18.5 Å². The maximum Gasteiger partial charge on any atom is 0.211 e. The number of carbonyl (C=O) groups excluding carboxylic acids is 1. The quantitative estimate of drug-likeness (QED) is 0.792. The van der Waals surface area contributed by atoms with Crippen molar-refractivity contribution in [3.8, 4) is 5.75 Å². The molecule has 0 aliphatic rings. The van der Waals surface area contributed by atoms with E-state index in [1.807, 2.05) is 11.6 Å². The molecular formula is C15H18N2O2. The van der Waals surface area contributed by atoms with Gasteiger partial charge in [0.05, 0.1) is 13.3 Å². The van der Waals surface area contributed by atoms with E-state index in [0.717, 1.165) is 11.6 Å². The van der Waals surface area contributed by atoms with Crippen LogP contribution in [-0.2, 0) is 7.05 Å². The minimum absolute atomic E-state index is 0.0236. The van der Waals surface area contributed by atoms with Gasteiger partial charge in [0.1, 0.15) is 17.3 Å². The summed E-state index contributed by atoms with van der Waals surface area (Å²) in [4.78, 5) is 16.7. The molecule has 2 rings (SSSR count). The van der Waals surface area contributed by atoms with Gasteiger partial charge in [-0.15, -0.1) is 0 Å². The molecule has 0 radical (unpaired) electrons. The Labute approximate surface area is 113 Å². The first-order valence-electron chi connectivity index (χ1n) is 6.25. The van der Waals surface area contributed by atoms with Crippen LogP contribution in [-0.4, -0.2) is 22.4 Å². The molecule has 0 fully saturated rings. The van der Waals surface area contributed by atoms with Gasteiger partial charge in [0.2, 0.25) is 5.78 Å². The molecule has 1 heterocycles. The van der Waals surface area contributed by atoms with Crippen LogP contribution in [0.15, 0.2) is 30.5 Å². The zero-order chi connectivity index (χ0) is 14.0. The largest absolute Gasteiger partial charge is 0.497 e. The second-order valence-corrected chi connectivity index (χ2v) is 4.77. The topological polar surface area (TPSA) is 44.1 Å². The highest BCUT2D eigenvalue weighted by Gasteiger charge is 2.17. The van der Waals surface area contributed by atoms with Crippen LogP contribution in [0, 0.1) is 0 Å². The minimum Gasteiger partial charge on any atom is -0.497 e. The molecule has 0 unspecified atom stereocenters. The molecule has 0 N–H and O–H groups in total. The van der Waals surface area contributed by atoms with E-state index < -0.39 is 0 Å². The molecule has 1 aromatic carbocycles. The van der Waals surface area contributed by atoms with Crippen molar-refractivity contribution in [3.63, 3.8) is 0 Å². The van der Waals surface area contributed by atoms with E-state index in [9.17, 15) is 4.79 Å². The summed E-state index contributed by atoms with van der Waals surface area (Å²) in [7, 11) is 3.48. The second-order valence-electron chi connectivity index (χ2n) is 4.77. The Hall–Kier alpha value is -2.10. The van der Waals surface area contributed by atoms with Gasteiger partial charge in [-0.3, -0.25) is 4.79 Å². The fraction of sp³-hybridized carbons (Fsp3) is 0.333. The molecule has 0 saturated heterocycles. The van der Waals surface area contributed by atoms with Gasteiger partial charge >= 0.3 is 0 Å². The summed E-state index contributed by atoms with van der Waals surface area (Å²) < 4.78 is 6.94. The van der Waals surface area contributed by atoms with Gasteiger partial charge in [0.15, 0.2) is 0 Å². The number of imidazole rings is 1. The van der Waals surface area contributed by atoms with E-state index in [-0.39, 0.29) is 5.78 Å². The molecule has 0 aliphatic carbocycles. The van der Waals surface area contributed by atoms with Crippen LogP contribution in [0.1, 0.15) is 41.6 Å². The number of ketones is 1. The molecule has 0 aliphatic heterocycles. The fourth-order valence-electron chi connectivity index (χ4n) is 2.06. The first-order valence-corrected chi connectivity index (χ1v) is 6.25. The van der Waals surface area contributed by atoms with Crippen LogP contribution in [0.2, 0.25) is 0 Å². The molecule has 0 amide bonds. The second kappa shape index (κ2) is 5.26. The Morgan fingerprint density at radius 2 is 1.89 bits per heavy atom. The lowest BCUT2D eigenvalue weighted by Gasteiger charge is -2.08. The van der Waals surface area contributed by atoms with Gasteiger partial charge in [-0.25, -0.2) is 4.98 Å². The minimum atomic E-state index is -0.0236. The highest BCUT2D eigenvalue weighted by Crippen LogP contribution is 2.18. The van der Waals surface area contributed by atoms with Crippen molar-refractivity contribution in [2.45, 2.75) is 19.8 Å². The Morgan fingerprint density at radius 1 is 1.26 bits per heavy atom. The molecule has 4 heteroatoms. The maximum absolute atomic E-state index is 12.4. The van der Waals surface area contributed by atoms with Crippen molar-refractivity contribution < 1.29 is 9.53 Å². The number of carbonyl (C=O) groups is 1. The van der Waals surface area contributed by atoms with E-state index in [2.05, 4.69) is 18.8 Å². The summed E-state index contributed by atoms with van der Waals surface area (Å²) in [5.74, 6) is 1.92. The lowest BCUT2D eigenvalue weighted by molar-refractivity contribution is 0.103. The highest BCUT2D eigenvalue weighted by molar-refractivity contribution is 6.07. The fourth-order valence-corrected chi connectivity index (χ4v) is 2.06. The lowest BCUT2D eigenvalue weighted by Crippen LogP contribution is -2.10. The molecule has 19 heavy (non-hydrogen) atoms. The van der Waals surface area contributed by atoms with Gasteiger partial charge < -0.3 is 9.30 Å². The molecule has 1 aromatic heterocycles. The van der Waals surface area contributed by atoms with Crippen LogP contribution >= 0.6 is 0 Å². The zero-order valence-corrected chi connectivity index (χ0v) is 11.7. The Kier molecular flexibility index (Phi) is 3.69. The number of methoxy groups -OCH3 is 1. The van der Waals surface area contributed by atoms with Gasteiger partial charge in [-0.05, 0) is 24.3 Å². The molecule has 0 spiro atoms. The predicted molar refractivity (Wildman–Crippen MR) is 73.7 cm³/mol. The number of hydrogen-bond donors (Lipinski definition) is 0. The van der Waals surface area contributed by atoms with E-state index in [1.54, 1.807) is 37.6 Å². The molecule has 0 atom stereocenters. The summed E-state index contributed by atoms with van der Waals surface area (Å²) >= 11 is 0. The third-order valence-corrected chi connectivity index (χ3v) is 3.13. The summed E-state index contributed by atoms with van der Waals surface area (Å²) in [6.07, 6.45) is 1.64. The number of benzene rings is 1. The van der Waals surface area contributed by atoms with Gasteiger partial charge in [0.25, 0.3) is 0 Å². The van der Waals surface area contributed by atoms with Crippen LogP contribution < -0.4 is 4.74 Å². The van der Waals surface area contributed by atoms with Crippen LogP contribution in [0.3, 0.4) is 0 Å². The number of ether oxygens (including phenoxy) is 1. The molecular weight excluding hydrogens is 240 g/mol. The smallest absolute Gasteiger partial charge is 0.211 e. The van der Waals surface area contributed by atoms with Gasteiger partial charge in [-0.1, -0.05) is 13.8 Å². The Bertz CT molecular complexity index is 583. The van der Waals surface area contributed by atoms with E-state index in [4.69, 9.17) is 4.74 Å². The van der Waals surface area contributed by atoms with Crippen molar-refractivity contribution in [2.24, 2.45) is 7.05 Å². The monoisotopic (exact) mass is 258 g/mol. The van der Waals surface area contributed by atoms with E-state index in [1.165, 1.54) is 0 Å². The van der Waals surface area contributed by atoms with Crippen molar-refractivity contribution in [1.29, 1.82) is 0 Å². The summed E-state index contributed by atoms with van der Waals surface area (Å²) in [5.41, 5.74) is 1.24.